The summed E-state index contributed by atoms with van der Waals surface area (Å²) in [6.45, 7) is 0. The SMILES string of the molecule is O=C1c2ccccc2C[C@]12[C@@H](c1cccc3ccccc13)C2(Br)Br. The monoisotopic (exact) mass is 440 g/mol. The van der Waals surface area contributed by atoms with Gasteiger partial charge in [0.15, 0.2) is 5.78 Å². The number of rotatable bonds is 1. The third kappa shape index (κ3) is 1.67. The molecule has 3 heteroatoms. The molecule has 1 spiro atoms. The molecule has 2 atom stereocenters. The van der Waals surface area contributed by atoms with Gasteiger partial charge in [0, 0.05) is 11.5 Å². The van der Waals surface area contributed by atoms with E-state index in [1.165, 1.54) is 16.3 Å². The summed E-state index contributed by atoms with van der Waals surface area (Å²) in [6.07, 6.45) is 0.784. The van der Waals surface area contributed by atoms with Gasteiger partial charge in [-0.2, -0.15) is 0 Å². The molecule has 0 unspecified atom stereocenters. The number of carbonyl (C=O) groups is 1. The summed E-state index contributed by atoms with van der Waals surface area (Å²) >= 11 is 7.71. The molecule has 3 aromatic carbocycles. The third-order valence-electron chi connectivity index (χ3n) is 5.64. The standard InChI is InChI=1S/C21H14Br2O/c22-21(23)18(17-11-5-8-13-6-1-3-9-15(13)17)20(21)12-14-7-2-4-10-16(14)19(20)24/h1-11,18H,12H2/t18-,20+/m1/s1. The van der Waals surface area contributed by atoms with Crippen LogP contribution < -0.4 is 0 Å². The van der Waals surface area contributed by atoms with Crippen LogP contribution in [0.1, 0.15) is 27.4 Å². The first-order valence-electron chi connectivity index (χ1n) is 8.05. The molecule has 24 heavy (non-hydrogen) atoms. The lowest BCUT2D eigenvalue weighted by Crippen LogP contribution is -2.17. The number of alkyl halides is 2. The molecule has 0 N–H and O–H groups in total. The fourth-order valence-corrected chi connectivity index (χ4v) is 6.58. The molecule has 1 fully saturated rings. The van der Waals surface area contributed by atoms with Gasteiger partial charge in [-0.1, -0.05) is 98.6 Å². The van der Waals surface area contributed by atoms with Gasteiger partial charge in [-0.15, -0.1) is 0 Å². The minimum atomic E-state index is -0.430. The van der Waals surface area contributed by atoms with Crippen LogP contribution >= 0.6 is 31.9 Å². The van der Waals surface area contributed by atoms with E-state index in [0.29, 0.717) is 0 Å². The highest BCUT2D eigenvalue weighted by molar-refractivity contribution is 9.25. The third-order valence-corrected chi connectivity index (χ3v) is 7.97. The molecule has 2 aliphatic carbocycles. The van der Waals surface area contributed by atoms with Crippen molar-refractivity contribution in [1.82, 2.24) is 0 Å². The van der Waals surface area contributed by atoms with Crippen LogP contribution in [0, 0.1) is 5.41 Å². The number of fused-ring (bicyclic) bond motifs is 2. The molecular weight excluding hydrogens is 428 g/mol. The Kier molecular flexibility index (Phi) is 2.97. The normalized spacial score (nSPS) is 26.8. The van der Waals surface area contributed by atoms with Crippen LogP contribution in [-0.2, 0) is 6.42 Å². The molecule has 0 heterocycles. The van der Waals surface area contributed by atoms with Gasteiger partial charge in [0.2, 0.25) is 0 Å². The van der Waals surface area contributed by atoms with Gasteiger partial charge in [-0.3, -0.25) is 4.79 Å². The molecule has 0 amide bonds. The molecule has 0 aromatic heterocycles. The van der Waals surface area contributed by atoms with Crippen molar-refractivity contribution in [3.63, 3.8) is 0 Å². The smallest absolute Gasteiger partial charge is 0.172 e. The maximum absolute atomic E-state index is 13.3. The molecule has 0 saturated heterocycles. The Morgan fingerprint density at radius 2 is 1.58 bits per heavy atom. The summed E-state index contributed by atoms with van der Waals surface area (Å²) in [4.78, 5) is 13.3. The maximum atomic E-state index is 13.3. The fourth-order valence-electron chi connectivity index (χ4n) is 4.44. The second kappa shape index (κ2) is 4.80. The molecule has 0 aliphatic heterocycles. The average molecular weight is 442 g/mol. The quantitative estimate of drug-likeness (QED) is 0.433. The van der Waals surface area contributed by atoms with Crippen LogP contribution in [0.4, 0.5) is 0 Å². The zero-order valence-electron chi connectivity index (χ0n) is 12.8. The Morgan fingerprint density at radius 1 is 0.875 bits per heavy atom. The largest absolute Gasteiger partial charge is 0.293 e. The molecule has 0 radical (unpaired) electrons. The van der Waals surface area contributed by atoms with Crippen LogP contribution in [0.5, 0.6) is 0 Å². The molecule has 5 rings (SSSR count). The Bertz CT molecular complexity index is 1000. The number of carbonyl (C=O) groups excluding carboxylic acids is 1. The minimum absolute atomic E-state index is 0.121. The first kappa shape index (κ1) is 14.9. The number of hydrogen-bond acceptors (Lipinski definition) is 1. The molecule has 3 aromatic rings. The van der Waals surface area contributed by atoms with Crippen LogP contribution in [0.15, 0.2) is 66.7 Å². The molecule has 1 saturated carbocycles. The highest BCUT2D eigenvalue weighted by atomic mass is 79.9. The summed E-state index contributed by atoms with van der Waals surface area (Å²) < 4.78 is -0.382. The van der Waals surface area contributed by atoms with Crippen molar-refractivity contribution in [2.75, 3.05) is 0 Å². The van der Waals surface area contributed by atoms with Gasteiger partial charge in [-0.05, 0) is 28.3 Å². The van der Waals surface area contributed by atoms with Gasteiger partial charge in [0.1, 0.15) is 3.23 Å². The molecule has 1 nitrogen and oxygen atoms in total. The Balaban J connectivity index is 1.70. The first-order chi connectivity index (χ1) is 11.6. The van der Waals surface area contributed by atoms with E-state index in [9.17, 15) is 4.79 Å². The van der Waals surface area contributed by atoms with Gasteiger partial charge in [0.25, 0.3) is 0 Å². The Morgan fingerprint density at radius 3 is 2.42 bits per heavy atom. The first-order valence-corrected chi connectivity index (χ1v) is 9.64. The van der Waals surface area contributed by atoms with Crippen molar-refractivity contribution in [1.29, 1.82) is 0 Å². The summed E-state index contributed by atoms with van der Waals surface area (Å²) in [5.41, 5.74) is 2.85. The molecule has 2 aliphatic rings. The second-order valence-corrected chi connectivity index (χ2v) is 10.3. The van der Waals surface area contributed by atoms with Gasteiger partial charge in [-0.25, -0.2) is 0 Å². The van der Waals surface area contributed by atoms with E-state index in [1.807, 2.05) is 18.2 Å². The van der Waals surface area contributed by atoms with E-state index < -0.39 is 5.41 Å². The van der Waals surface area contributed by atoms with E-state index in [4.69, 9.17) is 0 Å². The van der Waals surface area contributed by atoms with E-state index in [1.54, 1.807) is 0 Å². The van der Waals surface area contributed by atoms with E-state index in [0.717, 1.165) is 17.5 Å². The van der Waals surface area contributed by atoms with Gasteiger partial charge >= 0.3 is 0 Å². The zero-order valence-corrected chi connectivity index (χ0v) is 16.0. The second-order valence-electron chi connectivity index (χ2n) is 6.76. The lowest BCUT2D eigenvalue weighted by molar-refractivity contribution is 0.0915. The van der Waals surface area contributed by atoms with E-state index >= 15 is 0 Å². The summed E-state index contributed by atoms with van der Waals surface area (Å²) in [6, 6.07) is 22.8. The van der Waals surface area contributed by atoms with Crippen LogP contribution in [0.2, 0.25) is 0 Å². The fraction of sp³-hybridized carbons (Fsp3) is 0.190. The lowest BCUT2D eigenvalue weighted by Gasteiger charge is -2.09. The van der Waals surface area contributed by atoms with Crippen molar-refractivity contribution in [3.8, 4) is 0 Å². The zero-order chi connectivity index (χ0) is 16.5. The van der Waals surface area contributed by atoms with E-state index in [-0.39, 0.29) is 14.9 Å². The van der Waals surface area contributed by atoms with Crippen molar-refractivity contribution in [2.24, 2.45) is 5.41 Å². The van der Waals surface area contributed by atoms with Gasteiger partial charge in [0.05, 0.1) is 5.41 Å². The highest BCUT2D eigenvalue weighted by Gasteiger charge is 2.80. The van der Waals surface area contributed by atoms with Gasteiger partial charge < -0.3 is 0 Å². The molecule has 0 bridgehead atoms. The topological polar surface area (TPSA) is 17.1 Å². The number of Topliss-reactive ketones (excluding diaryl/α,β-unsaturated/α-hetero) is 1. The molecule has 118 valence electrons. The molecular formula is C21H14Br2O. The average Bonchev–Trinajstić information content (AvgIpc) is 2.92. The van der Waals surface area contributed by atoms with Crippen molar-refractivity contribution in [3.05, 3.63) is 83.4 Å². The highest BCUT2D eigenvalue weighted by Crippen LogP contribution is 2.80. The number of hydrogen-bond donors (Lipinski definition) is 0. The Hall–Kier alpha value is -1.45. The summed E-state index contributed by atoms with van der Waals surface area (Å²) in [5, 5.41) is 2.45. The van der Waals surface area contributed by atoms with Crippen molar-refractivity contribution in [2.45, 2.75) is 15.6 Å². The van der Waals surface area contributed by atoms with Crippen molar-refractivity contribution < 1.29 is 4.79 Å². The number of ketones is 1. The van der Waals surface area contributed by atoms with Crippen molar-refractivity contribution >= 4 is 48.4 Å². The predicted molar refractivity (Wildman–Crippen MR) is 104 cm³/mol. The predicted octanol–water partition coefficient (Wildman–Crippen LogP) is 5.85. The Labute approximate surface area is 157 Å². The lowest BCUT2D eigenvalue weighted by atomic mass is 9.92. The van der Waals surface area contributed by atoms with Crippen LogP contribution in [-0.4, -0.2) is 9.02 Å². The summed E-state index contributed by atoms with van der Waals surface area (Å²) in [5.74, 6) is 0.376. The maximum Gasteiger partial charge on any atom is 0.172 e. The number of benzene rings is 3. The van der Waals surface area contributed by atoms with Crippen LogP contribution in [0.3, 0.4) is 0 Å². The number of halogens is 2. The van der Waals surface area contributed by atoms with E-state index in [2.05, 4.69) is 80.4 Å². The minimum Gasteiger partial charge on any atom is -0.293 e. The summed E-state index contributed by atoms with van der Waals surface area (Å²) in [7, 11) is 0. The van der Waals surface area contributed by atoms with Crippen LogP contribution in [0.25, 0.3) is 10.8 Å².